The maximum absolute atomic E-state index is 12.9. The van der Waals surface area contributed by atoms with E-state index in [2.05, 4.69) is 4.72 Å². The van der Waals surface area contributed by atoms with Crippen molar-refractivity contribution in [1.82, 2.24) is 4.72 Å². The lowest BCUT2D eigenvalue weighted by Gasteiger charge is -2.19. The van der Waals surface area contributed by atoms with Gasteiger partial charge in [0, 0.05) is 0 Å². The molecule has 2 aromatic rings. The number of nitrogens with one attached hydrogen (secondary N) is 1. The van der Waals surface area contributed by atoms with Crippen molar-refractivity contribution in [3.8, 4) is 17.2 Å². The Labute approximate surface area is 167 Å². The van der Waals surface area contributed by atoms with E-state index in [4.69, 9.17) is 14.2 Å². The Kier molecular flexibility index (Phi) is 7.32. The molecule has 28 heavy (non-hydrogen) atoms. The first-order valence-electron chi connectivity index (χ1n) is 9.15. The monoisotopic (exact) mass is 407 g/mol. The Bertz CT molecular complexity index is 892. The molecule has 0 spiro atoms. The van der Waals surface area contributed by atoms with Crippen LogP contribution in [-0.4, -0.2) is 35.3 Å². The fraction of sp³-hybridized carbons (Fsp3) is 0.429. The molecule has 0 unspecified atom stereocenters. The van der Waals surface area contributed by atoms with E-state index in [0.29, 0.717) is 17.1 Å². The van der Waals surface area contributed by atoms with Gasteiger partial charge in [-0.1, -0.05) is 13.8 Å². The minimum atomic E-state index is -3.69. The molecule has 6 nitrogen and oxygen atoms in total. The van der Waals surface area contributed by atoms with E-state index >= 15 is 0 Å². The van der Waals surface area contributed by atoms with Crippen LogP contribution >= 0.6 is 0 Å². The maximum Gasteiger partial charge on any atom is 0.241 e. The molecule has 0 saturated carbocycles. The summed E-state index contributed by atoms with van der Waals surface area (Å²) in [6.45, 7) is 7.74. The average Bonchev–Trinajstić information content (AvgIpc) is 2.65. The third-order valence-electron chi connectivity index (χ3n) is 4.35. The summed E-state index contributed by atoms with van der Waals surface area (Å²) in [7, 11) is -0.507. The van der Waals surface area contributed by atoms with Crippen molar-refractivity contribution in [1.29, 1.82) is 0 Å². The minimum Gasteiger partial charge on any atom is -0.497 e. The van der Waals surface area contributed by atoms with E-state index in [9.17, 15) is 8.42 Å². The van der Waals surface area contributed by atoms with Crippen LogP contribution in [0.5, 0.6) is 17.2 Å². The summed E-state index contributed by atoms with van der Waals surface area (Å²) in [5.74, 6) is 2.22. The van der Waals surface area contributed by atoms with Crippen LogP contribution < -0.4 is 18.9 Å². The van der Waals surface area contributed by atoms with Gasteiger partial charge in [-0.15, -0.1) is 0 Å². The van der Waals surface area contributed by atoms with E-state index in [1.807, 2.05) is 13.8 Å². The van der Waals surface area contributed by atoms with E-state index < -0.39 is 16.1 Å². The molecule has 1 N–H and O–H groups in total. The predicted octanol–water partition coefficient (Wildman–Crippen LogP) is 3.88. The molecule has 1 atom stereocenters. The average molecular weight is 408 g/mol. The van der Waals surface area contributed by atoms with Crippen molar-refractivity contribution in [2.24, 2.45) is 0 Å². The van der Waals surface area contributed by atoms with Crippen molar-refractivity contribution in [3.63, 3.8) is 0 Å². The second-order valence-electron chi connectivity index (χ2n) is 7.02. The highest BCUT2D eigenvalue weighted by atomic mass is 32.2. The number of benzene rings is 2. The molecular weight excluding hydrogens is 378 g/mol. The van der Waals surface area contributed by atoms with Crippen LogP contribution in [-0.2, 0) is 10.0 Å². The zero-order chi connectivity index (χ0) is 20.9. The van der Waals surface area contributed by atoms with Gasteiger partial charge >= 0.3 is 0 Å². The number of rotatable bonds is 9. The molecule has 0 aromatic heterocycles. The van der Waals surface area contributed by atoms with Gasteiger partial charge in [0.25, 0.3) is 0 Å². The zero-order valence-electron chi connectivity index (χ0n) is 17.3. The molecule has 0 fully saturated rings. The summed E-state index contributed by atoms with van der Waals surface area (Å²) < 4.78 is 44.7. The third kappa shape index (κ3) is 5.39. The van der Waals surface area contributed by atoms with E-state index in [0.717, 1.165) is 11.3 Å². The second-order valence-corrected chi connectivity index (χ2v) is 8.71. The number of sulfonamides is 1. The predicted molar refractivity (Wildman–Crippen MR) is 110 cm³/mol. The van der Waals surface area contributed by atoms with Crippen molar-refractivity contribution >= 4 is 10.0 Å². The lowest BCUT2D eigenvalue weighted by molar-refractivity contribution is 0.287. The number of hydrogen-bond acceptors (Lipinski definition) is 5. The van der Waals surface area contributed by atoms with Gasteiger partial charge in [0.1, 0.15) is 23.9 Å². The smallest absolute Gasteiger partial charge is 0.241 e. The van der Waals surface area contributed by atoms with E-state index in [-0.39, 0.29) is 17.4 Å². The Hall–Kier alpha value is -2.25. The summed E-state index contributed by atoms with van der Waals surface area (Å²) in [6, 6.07) is 10.2. The van der Waals surface area contributed by atoms with Gasteiger partial charge in [-0.2, -0.15) is 0 Å². The molecule has 0 radical (unpaired) electrons. The SMILES string of the molecule is COc1ccc(OC[C@H](C)NS(=O)(=O)c2cc(C(C)C)c(OC)cc2C)cc1. The molecular formula is C21H29NO5S. The quantitative estimate of drug-likeness (QED) is 0.683. The van der Waals surface area contributed by atoms with E-state index in [1.165, 1.54) is 0 Å². The highest BCUT2D eigenvalue weighted by Crippen LogP contribution is 2.31. The number of aryl methyl sites for hydroxylation is 1. The largest absolute Gasteiger partial charge is 0.497 e. The molecule has 0 bridgehead atoms. The minimum absolute atomic E-state index is 0.139. The first-order chi connectivity index (χ1) is 13.2. The van der Waals surface area contributed by atoms with Crippen molar-refractivity contribution in [2.75, 3.05) is 20.8 Å². The van der Waals surface area contributed by atoms with Crippen molar-refractivity contribution < 1.29 is 22.6 Å². The Balaban J connectivity index is 2.12. The van der Waals surface area contributed by atoms with Gasteiger partial charge in [0.05, 0.1) is 25.2 Å². The maximum atomic E-state index is 12.9. The van der Waals surface area contributed by atoms with Crippen molar-refractivity contribution in [2.45, 2.75) is 44.6 Å². The summed E-state index contributed by atoms with van der Waals surface area (Å²) >= 11 is 0. The number of methoxy groups -OCH3 is 2. The summed E-state index contributed by atoms with van der Waals surface area (Å²) in [5, 5.41) is 0. The lowest BCUT2D eigenvalue weighted by Crippen LogP contribution is -2.37. The number of ether oxygens (including phenoxy) is 3. The van der Waals surface area contributed by atoms with Gasteiger partial charge in [0.2, 0.25) is 10.0 Å². The molecule has 0 amide bonds. The first kappa shape index (κ1) is 22.0. The number of hydrogen-bond donors (Lipinski definition) is 1. The standard InChI is InChI=1S/C21H29NO5S/c1-14(2)19-12-21(15(3)11-20(19)26-6)28(23,24)22-16(4)13-27-18-9-7-17(25-5)8-10-18/h7-12,14,16,22H,13H2,1-6H3/t16-/m0/s1. The van der Waals surface area contributed by atoms with Gasteiger partial charge in [-0.05, 0) is 67.3 Å². The molecule has 0 aliphatic rings. The molecule has 0 heterocycles. The molecule has 0 aliphatic heterocycles. The highest BCUT2D eigenvalue weighted by molar-refractivity contribution is 7.89. The lowest BCUT2D eigenvalue weighted by atomic mass is 10.0. The Morgan fingerprint density at radius 2 is 1.57 bits per heavy atom. The fourth-order valence-corrected chi connectivity index (χ4v) is 4.34. The molecule has 0 saturated heterocycles. The zero-order valence-corrected chi connectivity index (χ0v) is 18.1. The van der Waals surface area contributed by atoms with Gasteiger partial charge < -0.3 is 14.2 Å². The molecule has 154 valence electrons. The summed E-state index contributed by atoms with van der Waals surface area (Å²) in [4.78, 5) is 0.258. The highest BCUT2D eigenvalue weighted by Gasteiger charge is 2.23. The second kappa shape index (κ2) is 9.30. The van der Waals surface area contributed by atoms with E-state index in [1.54, 1.807) is 64.5 Å². The van der Waals surface area contributed by atoms with Crippen LogP contribution in [0.15, 0.2) is 41.3 Å². The van der Waals surface area contributed by atoms with Crippen LogP contribution in [0, 0.1) is 6.92 Å². The summed E-state index contributed by atoms with van der Waals surface area (Å²) in [6.07, 6.45) is 0. The van der Waals surface area contributed by atoms with Crippen molar-refractivity contribution in [3.05, 3.63) is 47.5 Å². The van der Waals surface area contributed by atoms with Crippen LogP contribution in [0.3, 0.4) is 0 Å². The van der Waals surface area contributed by atoms with Gasteiger partial charge in [-0.3, -0.25) is 0 Å². The Morgan fingerprint density at radius 3 is 2.11 bits per heavy atom. The molecule has 0 aliphatic carbocycles. The van der Waals surface area contributed by atoms with Gasteiger partial charge in [0.15, 0.2) is 0 Å². The molecule has 2 rings (SSSR count). The van der Waals surface area contributed by atoms with Crippen LogP contribution in [0.25, 0.3) is 0 Å². The van der Waals surface area contributed by atoms with Gasteiger partial charge in [-0.25, -0.2) is 13.1 Å². The van der Waals surface area contributed by atoms with Crippen LogP contribution in [0.2, 0.25) is 0 Å². The topological polar surface area (TPSA) is 73.9 Å². The van der Waals surface area contributed by atoms with Crippen LogP contribution in [0.1, 0.15) is 37.8 Å². The Morgan fingerprint density at radius 1 is 0.964 bits per heavy atom. The summed E-state index contributed by atoms with van der Waals surface area (Å²) in [5.41, 5.74) is 1.49. The molecule has 2 aromatic carbocycles. The molecule has 7 heteroatoms. The first-order valence-corrected chi connectivity index (χ1v) is 10.6. The fourth-order valence-electron chi connectivity index (χ4n) is 2.85. The normalized spacial score (nSPS) is 12.7. The third-order valence-corrected chi connectivity index (χ3v) is 6.09. The van der Waals surface area contributed by atoms with Crippen LogP contribution in [0.4, 0.5) is 0 Å².